The van der Waals surface area contributed by atoms with Crippen LogP contribution in [-0.2, 0) is 0 Å². The molecule has 4 aromatic carbocycles. The Balaban J connectivity index is 1.24. The summed E-state index contributed by atoms with van der Waals surface area (Å²) in [4.78, 5) is 18.1. The zero-order valence-electron chi connectivity index (χ0n) is 18.5. The van der Waals surface area contributed by atoms with Crippen LogP contribution in [0.2, 0.25) is 0 Å². The molecule has 1 aliphatic heterocycles. The molecule has 0 aromatic heterocycles. The van der Waals surface area contributed by atoms with E-state index in [2.05, 4.69) is 65.6 Å². The Morgan fingerprint density at radius 2 is 1.09 bits per heavy atom. The molecule has 4 aromatic rings. The molecule has 162 valence electrons. The molecule has 1 amide bonds. The van der Waals surface area contributed by atoms with E-state index in [4.69, 9.17) is 0 Å². The fraction of sp³-hybridized carbons (Fsp3) is 0.167. The number of piperazine rings is 1. The molecule has 1 aliphatic carbocycles. The van der Waals surface area contributed by atoms with Crippen LogP contribution in [0.25, 0.3) is 22.3 Å². The van der Waals surface area contributed by atoms with Crippen LogP contribution in [-0.4, -0.2) is 41.9 Å². The summed E-state index contributed by atoms with van der Waals surface area (Å²) in [5.74, 6) is 0.126. The number of benzene rings is 4. The van der Waals surface area contributed by atoms with Gasteiger partial charge in [0.15, 0.2) is 0 Å². The van der Waals surface area contributed by atoms with Gasteiger partial charge in [-0.05, 0) is 39.4 Å². The molecule has 0 bridgehead atoms. The summed E-state index contributed by atoms with van der Waals surface area (Å²) in [7, 11) is 0. The van der Waals surface area contributed by atoms with E-state index in [1.807, 2.05) is 47.4 Å². The first-order valence-corrected chi connectivity index (χ1v) is 11.7. The molecule has 1 fully saturated rings. The number of fused-ring (bicyclic) bond motifs is 3. The summed E-state index contributed by atoms with van der Waals surface area (Å²) in [5, 5.41) is 0. The van der Waals surface area contributed by atoms with E-state index in [0.717, 1.165) is 42.9 Å². The molecule has 3 heteroatoms. The van der Waals surface area contributed by atoms with Crippen molar-refractivity contribution in [3.05, 3.63) is 120 Å². The first-order valence-electron chi connectivity index (χ1n) is 11.7. The molecule has 0 saturated carbocycles. The van der Waals surface area contributed by atoms with Gasteiger partial charge in [0.05, 0.1) is 6.04 Å². The smallest absolute Gasteiger partial charge is 0.254 e. The molecule has 6 rings (SSSR count). The van der Waals surface area contributed by atoms with Gasteiger partial charge < -0.3 is 4.90 Å². The second-order valence-corrected chi connectivity index (χ2v) is 8.82. The van der Waals surface area contributed by atoms with Crippen molar-refractivity contribution in [1.82, 2.24) is 9.80 Å². The highest BCUT2D eigenvalue weighted by atomic mass is 16.2. The first kappa shape index (κ1) is 20.0. The maximum absolute atomic E-state index is 13.5. The van der Waals surface area contributed by atoms with Gasteiger partial charge in [0.1, 0.15) is 0 Å². The first-order chi connectivity index (χ1) is 16.3. The minimum atomic E-state index is 0.126. The Morgan fingerprint density at radius 1 is 0.576 bits per heavy atom. The van der Waals surface area contributed by atoms with E-state index < -0.39 is 0 Å². The maximum Gasteiger partial charge on any atom is 0.254 e. The average molecular weight is 431 g/mol. The van der Waals surface area contributed by atoms with Gasteiger partial charge in [0.25, 0.3) is 5.91 Å². The normalized spacial score (nSPS) is 15.8. The van der Waals surface area contributed by atoms with Crippen LogP contribution in [0, 0.1) is 0 Å². The van der Waals surface area contributed by atoms with Crippen molar-refractivity contribution in [2.75, 3.05) is 26.2 Å². The molecular formula is C30H26N2O. The lowest BCUT2D eigenvalue weighted by atomic mass is 9.98. The minimum absolute atomic E-state index is 0.126. The number of rotatable bonds is 3. The third-order valence-corrected chi connectivity index (χ3v) is 7.01. The van der Waals surface area contributed by atoms with Gasteiger partial charge in [0.2, 0.25) is 0 Å². The highest BCUT2D eigenvalue weighted by Crippen LogP contribution is 2.46. The SMILES string of the molecule is O=C(c1ccccc1-c1ccccc1)N1CCN(C2c3ccccc3-c3ccccc32)CC1. The number of amides is 1. The van der Waals surface area contributed by atoms with Crippen molar-refractivity contribution in [3.8, 4) is 22.3 Å². The van der Waals surface area contributed by atoms with E-state index >= 15 is 0 Å². The predicted molar refractivity (Wildman–Crippen MR) is 133 cm³/mol. The summed E-state index contributed by atoms with van der Waals surface area (Å²) in [6, 6.07) is 35.9. The van der Waals surface area contributed by atoms with Crippen LogP contribution in [0.4, 0.5) is 0 Å². The predicted octanol–water partition coefficient (Wildman–Crippen LogP) is 5.88. The summed E-state index contributed by atoms with van der Waals surface area (Å²) in [6.45, 7) is 3.21. The second kappa shape index (κ2) is 8.34. The molecule has 2 aliphatic rings. The van der Waals surface area contributed by atoms with Crippen molar-refractivity contribution >= 4 is 5.91 Å². The molecular weight excluding hydrogens is 404 g/mol. The van der Waals surface area contributed by atoms with E-state index in [0.29, 0.717) is 0 Å². The van der Waals surface area contributed by atoms with Gasteiger partial charge in [0, 0.05) is 31.7 Å². The number of carbonyl (C=O) groups excluding carboxylic acids is 1. The van der Waals surface area contributed by atoms with Crippen molar-refractivity contribution in [3.63, 3.8) is 0 Å². The molecule has 0 radical (unpaired) electrons. The number of hydrogen-bond donors (Lipinski definition) is 0. The number of hydrogen-bond acceptors (Lipinski definition) is 2. The van der Waals surface area contributed by atoms with Crippen LogP contribution in [0.15, 0.2) is 103 Å². The van der Waals surface area contributed by atoms with Gasteiger partial charge >= 0.3 is 0 Å². The largest absolute Gasteiger partial charge is 0.336 e. The van der Waals surface area contributed by atoms with Crippen molar-refractivity contribution in [1.29, 1.82) is 0 Å². The Labute approximate surface area is 194 Å². The lowest BCUT2D eigenvalue weighted by molar-refractivity contribution is 0.0600. The average Bonchev–Trinajstić information content (AvgIpc) is 3.23. The summed E-state index contributed by atoms with van der Waals surface area (Å²) >= 11 is 0. The third kappa shape index (κ3) is 3.46. The summed E-state index contributed by atoms with van der Waals surface area (Å²) in [5.41, 5.74) is 8.32. The lowest BCUT2D eigenvalue weighted by Gasteiger charge is -2.39. The molecule has 1 heterocycles. The Hall–Kier alpha value is -3.69. The van der Waals surface area contributed by atoms with Crippen LogP contribution in [0.5, 0.6) is 0 Å². The van der Waals surface area contributed by atoms with Gasteiger partial charge in [-0.15, -0.1) is 0 Å². The monoisotopic (exact) mass is 430 g/mol. The van der Waals surface area contributed by atoms with Gasteiger partial charge in [-0.3, -0.25) is 9.69 Å². The Morgan fingerprint density at radius 3 is 1.73 bits per heavy atom. The van der Waals surface area contributed by atoms with Crippen molar-refractivity contribution in [2.45, 2.75) is 6.04 Å². The molecule has 0 N–H and O–H groups in total. The van der Waals surface area contributed by atoms with Crippen LogP contribution in [0.3, 0.4) is 0 Å². The highest BCUT2D eigenvalue weighted by molar-refractivity contribution is 6.01. The standard InChI is InChI=1S/C30H26N2O/c33-30(28-17-9-4-12-23(28)22-10-2-1-3-11-22)32-20-18-31(19-21-32)29-26-15-7-5-13-24(26)25-14-6-8-16-27(25)29/h1-17,29H,18-21H2. The minimum Gasteiger partial charge on any atom is -0.336 e. The van der Waals surface area contributed by atoms with E-state index in [1.165, 1.54) is 22.3 Å². The molecule has 0 spiro atoms. The van der Waals surface area contributed by atoms with Gasteiger partial charge in [-0.25, -0.2) is 0 Å². The molecule has 1 saturated heterocycles. The van der Waals surface area contributed by atoms with Crippen LogP contribution < -0.4 is 0 Å². The van der Waals surface area contributed by atoms with Crippen LogP contribution in [0.1, 0.15) is 27.5 Å². The molecule has 0 unspecified atom stereocenters. The highest BCUT2D eigenvalue weighted by Gasteiger charge is 2.35. The molecule has 33 heavy (non-hydrogen) atoms. The third-order valence-electron chi connectivity index (χ3n) is 7.01. The van der Waals surface area contributed by atoms with Crippen molar-refractivity contribution in [2.24, 2.45) is 0 Å². The molecule has 3 nitrogen and oxygen atoms in total. The Kier molecular flexibility index (Phi) is 5.04. The molecule has 0 atom stereocenters. The number of nitrogens with zero attached hydrogens (tertiary/aromatic N) is 2. The fourth-order valence-electron chi connectivity index (χ4n) is 5.41. The lowest BCUT2D eigenvalue weighted by Crippen LogP contribution is -2.49. The van der Waals surface area contributed by atoms with Crippen LogP contribution >= 0.6 is 0 Å². The summed E-state index contributed by atoms with van der Waals surface area (Å²) < 4.78 is 0. The van der Waals surface area contributed by atoms with Gasteiger partial charge in [-0.1, -0.05) is 97.1 Å². The summed E-state index contributed by atoms with van der Waals surface area (Å²) in [6.07, 6.45) is 0. The zero-order chi connectivity index (χ0) is 22.2. The van der Waals surface area contributed by atoms with Gasteiger partial charge in [-0.2, -0.15) is 0 Å². The fourth-order valence-corrected chi connectivity index (χ4v) is 5.41. The second-order valence-electron chi connectivity index (χ2n) is 8.82. The van der Waals surface area contributed by atoms with Crippen molar-refractivity contribution < 1.29 is 4.79 Å². The maximum atomic E-state index is 13.5. The quantitative estimate of drug-likeness (QED) is 0.405. The Bertz CT molecular complexity index is 1260. The zero-order valence-corrected chi connectivity index (χ0v) is 18.5. The number of carbonyl (C=O) groups is 1. The van der Waals surface area contributed by atoms with E-state index in [-0.39, 0.29) is 11.9 Å². The van der Waals surface area contributed by atoms with E-state index in [1.54, 1.807) is 0 Å². The topological polar surface area (TPSA) is 23.6 Å². The van der Waals surface area contributed by atoms with E-state index in [9.17, 15) is 4.79 Å².